The first-order valence-electron chi connectivity index (χ1n) is 5.51. The van der Waals surface area contributed by atoms with Gasteiger partial charge in [-0.25, -0.2) is 0 Å². The third-order valence-electron chi connectivity index (χ3n) is 3.38. The van der Waals surface area contributed by atoms with Gasteiger partial charge in [-0.15, -0.1) is 0 Å². The zero-order chi connectivity index (χ0) is 12.2. The summed E-state index contributed by atoms with van der Waals surface area (Å²) in [7, 11) is 2.69. The van der Waals surface area contributed by atoms with E-state index in [2.05, 4.69) is 11.1 Å². The second-order valence-electron chi connectivity index (χ2n) is 4.19. The van der Waals surface area contributed by atoms with Gasteiger partial charge in [0.05, 0.1) is 0 Å². The van der Waals surface area contributed by atoms with Crippen molar-refractivity contribution in [1.29, 1.82) is 0 Å². The molecule has 7 heteroatoms. The van der Waals surface area contributed by atoms with Gasteiger partial charge in [0.2, 0.25) is 0 Å². The SMILES string of the molecule is CO[Si](C)(CN1CCC[Si]1(OC)OC)OC. The molecule has 0 unspecified atom stereocenters. The first-order valence-corrected chi connectivity index (χ1v) is 10.0. The number of hydrogen-bond donors (Lipinski definition) is 0. The molecule has 0 saturated carbocycles. The van der Waals surface area contributed by atoms with Crippen LogP contribution in [-0.2, 0) is 17.7 Å². The largest absolute Gasteiger partial charge is 0.427 e. The molecular formula is C9H23NO4Si2. The Hall–Kier alpha value is 0.234. The molecule has 1 fully saturated rings. The third-order valence-corrected chi connectivity index (χ3v) is 9.99. The molecule has 0 spiro atoms. The summed E-state index contributed by atoms with van der Waals surface area (Å²) in [5.41, 5.74) is 0. The van der Waals surface area contributed by atoms with Gasteiger partial charge in [-0.05, 0) is 19.5 Å². The minimum Gasteiger partial charge on any atom is -0.397 e. The average Bonchev–Trinajstić information content (AvgIpc) is 2.72. The van der Waals surface area contributed by atoms with Crippen LogP contribution in [0.15, 0.2) is 0 Å². The third kappa shape index (κ3) is 2.73. The lowest BCUT2D eigenvalue weighted by atomic mass is 10.5. The standard InChI is InChI=1S/C9H23NO4Si2/c1-11-15(5,12-2)9-10-7-6-8-16(10,13-3)14-4/h6-9H2,1-5H3. The Morgan fingerprint density at radius 3 is 2.12 bits per heavy atom. The Morgan fingerprint density at radius 1 is 1.12 bits per heavy atom. The zero-order valence-corrected chi connectivity index (χ0v) is 12.9. The second-order valence-corrected chi connectivity index (χ2v) is 11.0. The summed E-state index contributed by atoms with van der Waals surface area (Å²) in [6.45, 7) is 3.08. The molecule has 0 amide bonds. The van der Waals surface area contributed by atoms with Gasteiger partial charge in [-0.1, -0.05) is 0 Å². The van der Waals surface area contributed by atoms with Crippen molar-refractivity contribution in [3.63, 3.8) is 0 Å². The summed E-state index contributed by atoms with van der Waals surface area (Å²) in [4.78, 5) is 0. The predicted octanol–water partition coefficient (Wildman–Crippen LogP) is 0.828. The molecule has 1 aliphatic rings. The maximum Gasteiger partial charge on any atom is 0.427 e. The lowest BCUT2D eigenvalue weighted by Crippen LogP contribution is -2.60. The normalized spacial score (nSPS) is 21.6. The lowest BCUT2D eigenvalue weighted by Gasteiger charge is -2.36. The fourth-order valence-corrected chi connectivity index (χ4v) is 7.74. The molecule has 1 rings (SSSR count). The van der Waals surface area contributed by atoms with Crippen molar-refractivity contribution in [2.75, 3.05) is 41.2 Å². The molecule has 1 heterocycles. The molecule has 0 bridgehead atoms. The quantitative estimate of drug-likeness (QED) is 0.665. The first-order chi connectivity index (χ1) is 7.55. The molecular weight excluding hydrogens is 242 g/mol. The maximum atomic E-state index is 5.65. The van der Waals surface area contributed by atoms with E-state index < -0.39 is 17.3 Å². The van der Waals surface area contributed by atoms with Crippen LogP contribution in [0.25, 0.3) is 0 Å². The van der Waals surface area contributed by atoms with Gasteiger partial charge in [-0.2, -0.15) is 0 Å². The topological polar surface area (TPSA) is 40.2 Å². The van der Waals surface area contributed by atoms with E-state index in [4.69, 9.17) is 17.7 Å². The van der Waals surface area contributed by atoms with E-state index in [0.29, 0.717) is 0 Å². The molecule has 1 aliphatic heterocycles. The van der Waals surface area contributed by atoms with Crippen molar-refractivity contribution in [3.8, 4) is 0 Å². The van der Waals surface area contributed by atoms with Crippen LogP contribution < -0.4 is 0 Å². The summed E-state index contributed by atoms with van der Waals surface area (Å²) >= 11 is 0. The van der Waals surface area contributed by atoms with E-state index in [1.165, 1.54) is 0 Å². The van der Waals surface area contributed by atoms with Crippen LogP contribution in [0.4, 0.5) is 0 Å². The van der Waals surface area contributed by atoms with Crippen LogP contribution in [0.2, 0.25) is 12.6 Å². The van der Waals surface area contributed by atoms with Crippen LogP contribution >= 0.6 is 0 Å². The van der Waals surface area contributed by atoms with Gasteiger partial charge in [0.25, 0.3) is 0 Å². The molecule has 0 aromatic carbocycles. The molecule has 0 aliphatic carbocycles. The first kappa shape index (κ1) is 14.3. The summed E-state index contributed by atoms with van der Waals surface area (Å²) in [6, 6.07) is 1.03. The van der Waals surface area contributed by atoms with Crippen LogP contribution in [0.3, 0.4) is 0 Å². The number of hydrogen-bond acceptors (Lipinski definition) is 5. The minimum atomic E-state index is -2.14. The minimum absolute atomic E-state index is 0.813. The highest BCUT2D eigenvalue weighted by molar-refractivity contribution is 6.70. The van der Waals surface area contributed by atoms with Crippen LogP contribution in [0.1, 0.15) is 6.42 Å². The van der Waals surface area contributed by atoms with E-state index in [0.717, 1.165) is 25.2 Å². The summed E-state index contributed by atoms with van der Waals surface area (Å²) in [5.74, 6) is 0. The molecule has 0 aromatic heterocycles. The number of rotatable bonds is 6. The summed E-state index contributed by atoms with van der Waals surface area (Å²) in [6.07, 6.45) is 1.94. The lowest BCUT2D eigenvalue weighted by molar-refractivity contribution is 0.174. The molecule has 5 nitrogen and oxygen atoms in total. The van der Waals surface area contributed by atoms with E-state index in [1.807, 2.05) is 0 Å². The van der Waals surface area contributed by atoms with E-state index in [1.54, 1.807) is 28.4 Å². The predicted molar refractivity (Wildman–Crippen MR) is 66.4 cm³/mol. The Morgan fingerprint density at radius 2 is 1.69 bits per heavy atom. The van der Waals surface area contributed by atoms with Crippen LogP contribution in [0.5, 0.6) is 0 Å². The van der Waals surface area contributed by atoms with Crippen molar-refractivity contribution in [3.05, 3.63) is 0 Å². The monoisotopic (exact) mass is 265 g/mol. The van der Waals surface area contributed by atoms with Crippen LogP contribution in [0, 0.1) is 0 Å². The molecule has 0 atom stereocenters. The Labute approximate surface area is 100 Å². The highest BCUT2D eigenvalue weighted by Gasteiger charge is 2.50. The maximum absolute atomic E-state index is 5.65. The molecule has 0 aromatic rings. The fraction of sp³-hybridized carbons (Fsp3) is 1.00. The van der Waals surface area contributed by atoms with Crippen molar-refractivity contribution < 1.29 is 17.7 Å². The second kappa shape index (κ2) is 5.72. The van der Waals surface area contributed by atoms with Gasteiger partial charge in [0.15, 0.2) is 0 Å². The smallest absolute Gasteiger partial charge is 0.397 e. The summed E-state index contributed by atoms with van der Waals surface area (Å²) in [5, 5.41) is 0. The Balaban J connectivity index is 2.72. The van der Waals surface area contributed by atoms with Gasteiger partial charge >= 0.3 is 17.3 Å². The molecule has 16 heavy (non-hydrogen) atoms. The Kier molecular flexibility index (Phi) is 5.11. The van der Waals surface area contributed by atoms with E-state index >= 15 is 0 Å². The van der Waals surface area contributed by atoms with Gasteiger partial charge in [0.1, 0.15) is 0 Å². The van der Waals surface area contributed by atoms with Crippen molar-refractivity contribution in [2.45, 2.75) is 19.0 Å². The molecule has 0 radical (unpaired) electrons. The molecule has 1 saturated heterocycles. The summed E-state index contributed by atoms with van der Waals surface area (Å²) < 4.78 is 24.6. The molecule has 96 valence electrons. The highest BCUT2D eigenvalue weighted by atomic mass is 28.4. The van der Waals surface area contributed by atoms with Gasteiger partial charge < -0.3 is 17.7 Å². The fourth-order valence-electron chi connectivity index (χ4n) is 2.13. The molecule has 0 N–H and O–H groups in total. The van der Waals surface area contributed by atoms with Gasteiger partial charge in [-0.3, -0.25) is 4.57 Å². The van der Waals surface area contributed by atoms with E-state index in [9.17, 15) is 0 Å². The zero-order valence-electron chi connectivity index (χ0n) is 10.9. The Bertz CT molecular complexity index is 222. The van der Waals surface area contributed by atoms with Crippen LogP contribution in [-0.4, -0.2) is 63.0 Å². The van der Waals surface area contributed by atoms with Crippen molar-refractivity contribution in [1.82, 2.24) is 4.57 Å². The van der Waals surface area contributed by atoms with Gasteiger partial charge in [0, 0.05) is 40.7 Å². The van der Waals surface area contributed by atoms with Crippen molar-refractivity contribution in [2.24, 2.45) is 0 Å². The van der Waals surface area contributed by atoms with Crippen molar-refractivity contribution >= 4 is 17.3 Å². The average molecular weight is 265 g/mol. The number of nitrogens with zero attached hydrogens (tertiary/aromatic N) is 1. The van der Waals surface area contributed by atoms with E-state index in [-0.39, 0.29) is 0 Å². The highest BCUT2D eigenvalue weighted by Crippen LogP contribution is 2.28.